The van der Waals surface area contributed by atoms with Gasteiger partial charge in [0, 0.05) is 12.4 Å². The largest absolute Gasteiger partial charge is 0.392 e. The average molecular weight is 283 g/mol. The SMILES string of the molecule is O=S(=O)(Nc1ncccn1)c1cc(F)ccc1CO. The molecule has 8 heteroatoms. The monoisotopic (exact) mass is 283 g/mol. The Hall–Kier alpha value is -2.06. The minimum Gasteiger partial charge on any atom is -0.392 e. The number of rotatable bonds is 4. The third-order valence-electron chi connectivity index (χ3n) is 2.28. The molecule has 2 rings (SSSR count). The first-order valence-corrected chi connectivity index (χ1v) is 6.70. The predicted molar refractivity (Wildman–Crippen MR) is 65.2 cm³/mol. The smallest absolute Gasteiger partial charge is 0.264 e. The fourth-order valence-corrected chi connectivity index (χ4v) is 2.64. The van der Waals surface area contributed by atoms with E-state index >= 15 is 0 Å². The van der Waals surface area contributed by atoms with Crippen molar-refractivity contribution in [1.29, 1.82) is 0 Å². The first-order chi connectivity index (χ1) is 9.03. The topological polar surface area (TPSA) is 92.2 Å². The molecule has 2 N–H and O–H groups in total. The molecule has 0 saturated heterocycles. The minimum atomic E-state index is -4.05. The van der Waals surface area contributed by atoms with Gasteiger partial charge >= 0.3 is 0 Å². The van der Waals surface area contributed by atoms with Gasteiger partial charge in [-0.25, -0.2) is 27.5 Å². The normalized spacial score (nSPS) is 11.3. The van der Waals surface area contributed by atoms with E-state index in [0.717, 1.165) is 12.1 Å². The zero-order valence-electron chi connectivity index (χ0n) is 9.62. The van der Waals surface area contributed by atoms with Crippen LogP contribution in [0.1, 0.15) is 5.56 Å². The Morgan fingerprint density at radius 3 is 2.58 bits per heavy atom. The van der Waals surface area contributed by atoms with Crippen LogP contribution in [-0.4, -0.2) is 23.5 Å². The van der Waals surface area contributed by atoms with E-state index < -0.39 is 22.4 Å². The average Bonchev–Trinajstić information content (AvgIpc) is 2.39. The van der Waals surface area contributed by atoms with Gasteiger partial charge in [0.15, 0.2) is 0 Å². The summed E-state index contributed by atoms with van der Waals surface area (Å²) >= 11 is 0. The van der Waals surface area contributed by atoms with Gasteiger partial charge in [0.2, 0.25) is 5.95 Å². The molecule has 0 spiro atoms. The van der Waals surface area contributed by atoms with Crippen molar-refractivity contribution in [3.63, 3.8) is 0 Å². The van der Waals surface area contributed by atoms with E-state index in [0.29, 0.717) is 0 Å². The van der Waals surface area contributed by atoms with Crippen LogP contribution in [0.3, 0.4) is 0 Å². The van der Waals surface area contributed by atoms with E-state index in [2.05, 4.69) is 14.7 Å². The summed E-state index contributed by atoms with van der Waals surface area (Å²) in [5, 5.41) is 9.09. The lowest BCUT2D eigenvalue weighted by Gasteiger charge is -2.09. The molecule has 1 aromatic heterocycles. The first-order valence-electron chi connectivity index (χ1n) is 5.22. The third-order valence-corrected chi connectivity index (χ3v) is 3.69. The quantitative estimate of drug-likeness (QED) is 0.870. The molecule has 100 valence electrons. The minimum absolute atomic E-state index is 0.0878. The molecular weight excluding hydrogens is 273 g/mol. The number of hydrogen-bond acceptors (Lipinski definition) is 5. The number of benzene rings is 1. The zero-order chi connectivity index (χ0) is 13.9. The Kier molecular flexibility index (Phi) is 3.72. The highest BCUT2D eigenvalue weighted by atomic mass is 32.2. The summed E-state index contributed by atoms with van der Waals surface area (Å²) in [6, 6.07) is 4.63. The molecular formula is C11H10FN3O3S. The Bertz CT molecular complexity index is 677. The summed E-state index contributed by atoms with van der Waals surface area (Å²) in [5.41, 5.74) is 0.0878. The molecule has 0 saturated carbocycles. The second-order valence-electron chi connectivity index (χ2n) is 3.59. The Morgan fingerprint density at radius 2 is 1.95 bits per heavy atom. The highest BCUT2D eigenvalue weighted by Gasteiger charge is 2.20. The van der Waals surface area contributed by atoms with Crippen LogP contribution in [0, 0.1) is 5.82 Å². The van der Waals surface area contributed by atoms with Crippen molar-refractivity contribution in [2.45, 2.75) is 11.5 Å². The summed E-state index contributed by atoms with van der Waals surface area (Å²) in [7, 11) is -4.05. The molecule has 0 atom stereocenters. The number of sulfonamides is 1. The van der Waals surface area contributed by atoms with Crippen molar-refractivity contribution < 1.29 is 17.9 Å². The first kappa shape index (κ1) is 13.4. The van der Waals surface area contributed by atoms with Crippen LogP contribution >= 0.6 is 0 Å². The molecule has 0 fully saturated rings. The second-order valence-corrected chi connectivity index (χ2v) is 5.24. The Balaban J connectivity index is 2.42. The maximum Gasteiger partial charge on any atom is 0.264 e. The fourth-order valence-electron chi connectivity index (χ4n) is 1.44. The van der Waals surface area contributed by atoms with Gasteiger partial charge in [-0.15, -0.1) is 0 Å². The lowest BCUT2D eigenvalue weighted by Crippen LogP contribution is -2.17. The van der Waals surface area contributed by atoms with Crippen LogP contribution in [0.2, 0.25) is 0 Å². The van der Waals surface area contributed by atoms with Gasteiger partial charge in [0.05, 0.1) is 11.5 Å². The number of halogens is 1. The molecule has 6 nitrogen and oxygen atoms in total. The molecule has 1 heterocycles. The predicted octanol–water partition coefficient (Wildman–Crippen LogP) is 0.909. The summed E-state index contributed by atoms with van der Waals surface area (Å²) in [6.45, 7) is -0.522. The highest BCUT2D eigenvalue weighted by molar-refractivity contribution is 7.92. The van der Waals surface area contributed by atoms with Gasteiger partial charge in [-0.3, -0.25) is 0 Å². The molecule has 0 radical (unpaired) electrons. The summed E-state index contributed by atoms with van der Waals surface area (Å²) in [4.78, 5) is 7.07. The van der Waals surface area contributed by atoms with E-state index in [1.54, 1.807) is 0 Å². The number of hydrogen-bond donors (Lipinski definition) is 2. The van der Waals surface area contributed by atoms with Gasteiger partial charge in [0.25, 0.3) is 10.0 Å². The number of aliphatic hydroxyl groups excluding tert-OH is 1. The number of nitrogens with one attached hydrogen (secondary N) is 1. The summed E-state index contributed by atoms with van der Waals surface area (Å²) in [5.74, 6) is -0.845. The Morgan fingerprint density at radius 1 is 1.26 bits per heavy atom. The van der Waals surface area contributed by atoms with E-state index in [-0.39, 0.29) is 16.4 Å². The van der Waals surface area contributed by atoms with E-state index in [1.807, 2.05) is 0 Å². The maximum atomic E-state index is 13.1. The maximum absolute atomic E-state index is 13.1. The zero-order valence-corrected chi connectivity index (χ0v) is 10.4. The van der Waals surface area contributed by atoms with E-state index in [9.17, 15) is 12.8 Å². The third kappa shape index (κ3) is 3.04. The number of aliphatic hydroxyl groups is 1. The summed E-state index contributed by atoms with van der Waals surface area (Å²) < 4.78 is 39.4. The lowest BCUT2D eigenvalue weighted by atomic mass is 10.2. The van der Waals surface area contributed by atoms with Gasteiger partial charge < -0.3 is 5.11 Å². The van der Waals surface area contributed by atoms with Gasteiger partial charge in [0.1, 0.15) is 5.82 Å². The van der Waals surface area contributed by atoms with Crippen molar-refractivity contribution in [3.8, 4) is 0 Å². The number of anilines is 1. The van der Waals surface area contributed by atoms with Crippen LogP contribution in [-0.2, 0) is 16.6 Å². The van der Waals surface area contributed by atoms with Crippen molar-refractivity contribution in [2.24, 2.45) is 0 Å². The molecule has 0 aliphatic carbocycles. The molecule has 0 amide bonds. The standard InChI is InChI=1S/C11H10FN3O3S/c12-9-3-2-8(7-16)10(6-9)19(17,18)15-11-13-4-1-5-14-11/h1-6,16H,7H2,(H,13,14,15). The molecule has 19 heavy (non-hydrogen) atoms. The van der Waals surface area contributed by atoms with Crippen molar-refractivity contribution >= 4 is 16.0 Å². The molecule has 1 aromatic carbocycles. The second kappa shape index (κ2) is 5.29. The number of nitrogens with zero attached hydrogens (tertiary/aromatic N) is 2. The van der Waals surface area contributed by atoms with Crippen LogP contribution in [0.25, 0.3) is 0 Å². The van der Waals surface area contributed by atoms with Gasteiger partial charge in [-0.2, -0.15) is 0 Å². The lowest BCUT2D eigenvalue weighted by molar-refractivity contribution is 0.278. The molecule has 0 aliphatic heterocycles. The molecule has 0 aliphatic rings. The van der Waals surface area contributed by atoms with Crippen molar-refractivity contribution in [3.05, 3.63) is 48.0 Å². The van der Waals surface area contributed by atoms with Crippen molar-refractivity contribution in [1.82, 2.24) is 9.97 Å². The molecule has 0 bridgehead atoms. The number of aromatic nitrogens is 2. The van der Waals surface area contributed by atoms with E-state index in [1.165, 1.54) is 24.5 Å². The molecule has 2 aromatic rings. The van der Waals surface area contributed by atoms with Crippen LogP contribution in [0.4, 0.5) is 10.3 Å². The van der Waals surface area contributed by atoms with Crippen LogP contribution in [0.15, 0.2) is 41.6 Å². The highest BCUT2D eigenvalue weighted by Crippen LogP contribution is 2.19. The molecule has 0 unspecified atom stereocenters. The van der Waals surface area contributed by atoms with Gasteiger partial charge in [-0.1, -0.05) is 6.07 Å². The van der Waals surface area contributed by atoms with Crippen LogP contribution in [0.5, 0.6) is 0 Å². The van der Waals surface area contributed by atoms with E-state index in [4.69, 9.17) is 5.11 Å². The Labute approximate surface area is 109 Å². The van der Waals surface area contributed by atoms with Crippen LogP contribution < -0.4 is 4.72 Å². The summed E-state index contributed by atoms with van der Waals surface area (Å²) in [6.07, 6.45) is 2.73. The van der Waals surface area contributed by atoms with Gasteiger partial charge in [-0.05, 0) is 23.8 Å². The van der Waals surface area contributed by atoms with Crippen molar-refractivity contribution in [2.75, 3.05) is 4.72 Å². The fraction of sp³-hybridized carbons (Fsp3) is 0.0909.